The Labute approximate surface area is 153 Å². The first-order valence-electron chi connectivity index (χ1n) is 8.08. The highest BCUT2D eigenvalue weighted by Crippen LogP contribution is 2.26. The van der Waals surface area contributed by atoms with Gasteiger partial charge in [0.1, 0.15) is 5.52 Å². The summed E-state index contributed by atoms with van der Waals surface area (Å²) in [4.78, 5) is 13.7. The smallest absolute Gasteiger partial charge is 0.178 e. The molecule has 0 saturated heterocycles. The highest BCUT2D eigenvalue weighted by atomic mass is 35.5. The predicted octanol–water partition coefficient (Wildman–Crippen LogP) is 4.89. The summed E-state index contributed by atoms with van der Waals surface area (Å²) < 4.78 is 0. The zero-order valence-corrected chi connectivity index (χ0v) is 14.3. The molecule has 0 saturated carbocycles. The Morgan fingerprint density at radius 1 is 0.808 bits per heavy atom. The molecule has 6 heteroatoms. The van der Waals surface area contributed by atoms with E-state index in [9.17, 15) is 0 Å². The molecule has 0 aliphatic heterocycles. The SMILES string of the molecule is Clc1cccc(-c2cnc3cc(-c4ccc5[nH]ncc5c4)cnc3n2)c1. The van der Waals surface area contributed by atoms with Gasteiger partial charge in [0.15, 0.2) is 5.65 Å². The lowest BCUT2D eigenvalue weighted by Crippen LogP contribution is -1.92. The lowest BCUT2D eigenvalue weighted by atomic mass is 10.1. The normalized spacial score (nSPS) is 11.3. The Morgan fingerprint density at radius 2 is 1.77 bits per heavy atom. The summed E-state index contributed by atoms with van der Waals surface area (Å²) in [7, 11) is 0. The van der Waals surface area contributed by atoms with Gasteiger partial charge in [-0.15, -0.1) is 0 Å². The Morgan fingerprint density at radius 3 is 2.69 bits per heavy atom. The van der Waals surface area contributed by atoms with Crippen molar-refractivity contribution in [2.24, 2.45) is 0 Å². The molecule has 3 aromatic heterocycles. The maximum absolute atomic E-state index is 6.06. The van der Waals surface area contributed by atoms with E-state index in [1.165, 1.54) is 0 Å². The molecule has 5 aromatic rings. The van der Waals surface area contributed by atoms with E-state index in [1.54, 1.807) is 6.20 Å². The van der Waals surface area contributed by atoms with Crippen LogP contribution in [0.3, 0.4) is 0 Å². The Kier molecular flexibility index (Phi) is 3.40. The number of nitrogens with one attached hydrogen (secondary N) is 1. The molecular formula is C20H12ClN5. The molecule has 1 N–H and O–H groups in total. The molecule has 0 aliphatic rings. The van der Waals surface area contributed by atoms with E-state index >= 15 is 0 Å². The molecule has 26 heavy (non-hydrogen) atoms. The molecule has 0 aliphatic carbocycles. The van der Waals surface area contributed by atoms with Crippen molar-refractivity contribution < 1.29 is 0 Å². The summed E-state index contributed by atoms with van der Waals surface area (Å²) in [5, 5.41) is 8.74. The number of pyridine rings is 1. The minimum absolute atomic E-state index is 0.607. The van der Waals surface area contributed by atoms with Crippen LogP contribution >= 0.6 is 11.6 Å². The maximum Gasteiger partial charge on any atom is 0.178 e. The molecule has 5 rings (SSSR count). The van der Waals surface area contributed by atoms with Gasteiger partial charge in [-0.2, -0.15) is 5.10 Å². The number of halogens is 1. The van der Waals surface area contributed by atoms with Gasteiger partial charge in [-0.05, 0) is 35.9 Å². The van der Waals surface area contributed by atoms with Crippen molar-refractivity contribution in [3.05, 3.63) is 72.1 Å². The summed E-state index contributed by atoms with van der Waals surface area (Å²) in [6, 6.07) is 15.7. The molecule has 0 bridgehead atoms. The number of benzene rings is 2. The number of fused-ring (bicyclic) bond motifs is 2. The van der Waals surface area contributed by atoms with Gasteiger partial charge in [0.25, 0.3) is 0 Å². The Bertz CT molecular complexity index is 1260. The molecule has 3 heterocycles. The number of aromatic amines is 1. The van der Waals surface area contributed by atoms with Crippen molar-refractivity contribution in [3.63, 3.8) is 0 Å². The van der Waals surface area contributed by atoms with Gasteiger partial charge in [0.05, 0.1) is 23.6 Å². The standard InChI is InChI=1S/C20H12ClN5/c21-16-3-1-2-13(7-16)19-11-22-18-8-14(9-23-20(18)25-19)12-4-5-17-15(6-12)10-24-26-17/h1-11H,(H,24,26). The van der Waals surface area contributed by atoms with Crippen LogP contribution in [-0.4, -0.2) is 25.1 Å². The molecule has 0 unspecified atom stereocenters. The zero-order chi connectivity index (χ0) is 17.5. The number of aromatic nitrogens is 5. The molecule has 0 radical (unpaired) electrons. The lowest BCUT2D eigenvalue weighted by molar-refractivity contribution is 1.12. The van der Waals surface area contributed by atoms with Crippen LogP contribution in [-0.2, 0) is 0 Å². The van der Waals surface area contributed by atoms with Gasteiger partial charge in [-0.3, -0.25) is 10.1 Å². The van der Waals surface area contributed by atoms with Crippen LogP contribution in [0.4, 0.5) is 0 Å². The van der Waals surface area contributed by atoms with Gasteiger partial charge in [-0.1, -0.05) is 29.8 Å². The topological polar surface area (TPSA) is 67.3 Å². The van der Waals surface area contributed by atoms with Crippen molar-refractivity contribution in [1.29, 1.82) is 0 Å². The first kappa shape index (κ1) is 15.0. The first-order chi connectivity index (χ1) is 12.8. The molecule has 0 amide bonds. The minimum atomic E-state index is 0.607. The van der Waals surface area contributed by atoms with E-state index in [-0.39, 0.29) is 0 Å². The Balaban J connectivity index is 1.58. The largest absolute Gasteiger partial charge is 0.278 e. The van der Waals surface area contributed by atoms with Crippen LogP contribution in [0, 0.1) is 0 Å². The second-order valence-corrected chi connectivity index (χ2v) is 6.44. The summed E-state index contributed by atoms with van der Waals surface area (Å²) in [5.74, 6) is 0. The molecule has 5 nitrogen and oxygen atoms in total. The molecule has 0 atom stereocenters. The van der Waals surface area contributed by atoms with Crippen molar-refractivity contribution >= 4 is 33.7 Å². The van der Waals surface area contributed by atoms with Gasteiger partial charge >= 0.3 is 0 Å². The summed E-state index contributed by atoms with van der Waals surface area (Å²) in [5.41, 5.74) is 6.09. The van der Waals surface area contributed by atoms with Crippen LogP contribution in [0.25, 0.3) is 44.5 Å². The van der Waals surface area contributed by atoms with Crippen molar-refractivity contribution in [1.82, 2.24) is 25.1 Å². The van der Waals surface area contributed by atoms with Crippen LogP contribution in [0.1, 0.15) is 0 Å². The predicted molar refractivity (Wildman–Crippen MR) is 103 cm³/mol. The van der Waals surface area contributed by atoms with Gasteiger partial charge < -0.3 is 0 Å². The van der Waals surface area contributed by atoms with Crippen molar-refractivity contribution in [3.8, 4) is 22.4 Å². The molecule has 124 valence electrons. The van der Waals surface area contributed by atoms with Gasteiger partial charge in [0.2, 0.25) is 0 Å². The van der Waals surface area contributed by atoms with Crippen molar-refractivity contribution in [2.45, 2.75) is 0 Å². The van der Waals surface area contributed by atoms with Crippen LogP contribution in [0.15, 0.2) is 67.1 Å². The fourth-order valence-electron chi connectivity index (χ4n) is 2.97. The molecule has 0 fully saturated rings. The third-order valence-electron chi connectivity index (χ3n) is 4.29. The number of hydrogen-bond donors (Lipinski definition) is 1. The Hall–Kier alpha value is -3.31. The monoisotopic (exact) mass is 357 g/mol. The van der Waals surface area contributed by atoms with Crippen LogP contribution in [0.5, 0.6) is 0 Å². The third kappa shape index (κ3) is 2.59. The van der Waals surface area contributed by atoms with E-state index in [0.29, 0.717) is 10.7 Å². The maximum atomic E-state index is 6.06. The quantitative estimate of drug-likeness (QED) is 0.488. The molecule has 0 spiro atoms. The molecule has 2 aromatic carbocycles. The van der Waals surface area contributed by atoms with E-state index in [2.05, 4.69) is 31.2 Å². The van der Waals surface area contributed by atoms with Crippen molar-refractivity contribution in [2.75, 3.05) is 0 Å². The summed E-state index contributed by atoms with van der Waals surface area (Å²) >= 11 is 6.06. The summed E-state index contributed by atoms with van der Waals surface area (Å²) in [6.45, 7) is 0. The van der Waals surface area contributed by atoms with Gasteiger partial charge in [-0.25, -0.2) is 9.97 Å². The number of hydrogen-bond acceptors (Lipinski definition) is 4. The van der Waals surface area contributed by atoms with E-state index < -0.39 is 0 Å². The first-order valence-corrected chi connectivity index (χ1v) is 8.46. The van der Waals surface area contributed by atoms with Crippen LogP contribution in [0.2, 0.25) is 5.02 Å². The zero-order valence-electron chi connectivity index (χ0n) is 13.5. The van der Waals surface area contributed by atoms with E-state index in [4.69, 9.17) is 11.6 Å². The molecular weight excluding hydrogens is 346 g/mol. The summed E-state index contributed by atoms with van der Waals surface area (Å²) in [6.07, 6.45) is 5.38. The number of rotatable bonds is 2. The highest BCUT2D eigenvalue weighted by Gasteiger charge is 2.07. The highest BCUT2D eigenvalue weighted by molar-refractivity contribution is 6.30. The fraction of sp³-hybridized carbons (Fsp3) is 0. The minimum Gasteiger partial charge on any atom is -0.278 e. The lowest BCUT2D eigenvalue weighted by Gasteiger charge is -2.05. The third-order valence-corrected chi connectivity index (χ3v) is 4.53. The fourth-order valence-corrected chi connectivity index (χ4v) is 3.16. The number of H-pyrrole nitrogens is 1. The van der Waals surface area contributed by atoms with E-state index in [0.717, 1.165) is 38.8 Å². The van der Waals surface area contributed by atoms with E-state index in [1.807, 2.05) is 54.9 Å². The second kappa shape index (κ2) is 5.89. The average Bonchev–Trinajstić information content (AvgIpc) is 3.15. The average molecular weight is 358 g/mol. The van der Waals surface area contributed by atoms with Crippen LogP contribution < -0.4 is 0 Å². The second-order valence-electron chi connectivity index (χ2n) is 6.00. The number of nitrogens with zero attached hydrogens (tertiary/aromatic N) is 4. The van der Waals surface area contributed by atoms with Gasteiger partial charge in [0, 0.05) is 27.7 Å².